The minimum atomic E-state index is -0.932. The molecule has 3 aromatic rings. The third-order valence-corrected chi connectivity index (χ3v) is 3.78. The molecule has 3 rings (SSSR count). The first-order valence-electron chi connectivity index (χ1n) is 7.42. The van der Waals surface area contributed by atoms with Gasteiger partial charge < -0.3 is 14.8 Å². The third kappa shape index (κ3) is 3.80. The molecule has 2 N–H and O–H groups in total. The number of phenols is 1. The summed E-state index contributed by atoms with van der Waals surface area (Å²) in [5, 5.41) is 12.9. The summed E-state index contributed by atoms with van der Waals surface area (Å²) >= 11 is 5.81. The third-order valence-electron chi connectivity index (χ3n) is 3.58. The molecule has 128 valence electrons. The van der Waals surface area contributed by atoms with Crippen LogP contribution in [0.2, 0.25) is 5.22 Å². The molecular formula is C18H14ClFN2O3. The number of hydrogen-bond acceptors (Lipinski definition) is 4. The molecule has 0 aliphatic heterocycles. The van der Waals surface area contributed by atoms with Gasteiger partial charge in [-0.15, -0.1) is 0 Å². The standard InChI is InChI=1S/C18H14ClFN2O3/c1-10-3-2-4-13(21-10)18(24)22-17(15-7-8-16(19)25-15)12-9-11(20)5-6-14(12)23/h2-9,17,23H,1H3,(H,22,24)/t17-/m1/s1. The number of pyridine rings is 1. The Morgan fingerprint density at radius 3 is 2.76 bits per heavy atom. The predicted octanol–water partition coefficient (Wildman–Crippen LogP) is 4.00. The van der Waals surface area contributed by atoms with E-state index in [2.05, 4.69) is 10.3 Å². The summed E-state index contributed by atoms with van der Waals surface area (Å²) in [5.74, 6) is -0.980. The van der Waals surface area contributed by atoms with Gasteiger partial charge in [-0.05, 0) is 61.0 Å². The maximum absolute atomic E-state index is 13.6. The Morgan fingerprint density at radius 1 is 1.28 bits per heavy atom. The average molecular weight is 361 g/mol. The van der Waals surface area contributed by atoms with Crippen LogP contribution in [0.5, 0.6) is 5.75 Å². The quantitative estimate of drug-likeness (QED) is 0.737. The van der Waals surface area contributed by atoms with Crippen molar-refractivity contribution in [2.75, 3.05) is 0 Å². The minimum absolute atomic E-state index is 0.110. The van der Waals surface area contributed by atoms with Crippen LogP contribution in [0.25, 0.3) is 0 Å². The first kappa shape index (κ1) is 17.0. The molecule has 0 unspecified atom stereocenters. The average Bonchev–Trinajstić information content (AvgIpc) is 3.01. The maximum atomic E-state index is 13.6. The second-order valence-electron chi connectivity index (χ2n) is 5.42. The Morgan fingerprint density at radius 2 is 2.08 bits per heavy atom. The SMILES string of the molecule is Cc1cccc(C(=O)N[C@@H](c2ccc(Cl)o2)c2cc(F)ccc2O)n1. The molecular weight excluding hydrogens is 347 g/mol. The molecule has 1 aromatic carbocycles. The van der Waals surface area contributed by atoms with Crippen molar-refractivity contribution in [3.63, 3.8) is 0 Å². The molecule has 1 atom stereocenters. The number of carbonyl (C=O) groups excluding carboxylic acids is 1. The highest BCUT2D eigenvalue weighted by Gasteiger charge is 2.24. The van der Waals surface area contributed by atoms with Crippen LogP contribution < -0.4 is 5.32 Å². The van der Waals surface area contributed by atoms with Gasteiger partial charge >= 0.3 is 0 Å². The van der Waals surface area contributed by atoms with Crippen LogP contribution in [-0.4, -0.2) is 16.0 Å². The second kappa shape index (κ2) is 6.94. The van der Waals surface area contributed by atoms with Crippen LogP contribution in [0.15, 0.2) is 52.9 Å². The summed E-state index contributed by atoms with van der Waals surface area (Å²) in [7, 11) is 0. The zero-order valence-electron chi connectivity index (χ0n) is 13.2. The van der Waals surface area contributed by atoms with Crippen molar-refractivity contribution in [2.24, 2.45) is 0 Å². The molecule has 0 radical (unpaired) electrons. The molecule has 0 spiro atoms. The van der Waals surface area contributed by atoms with E-state index in [1.807, 2.05) is 0 Å². The van der Waals surface area contributed by atoms with Gasteiger partial charge in [0.2, 0.25) is 0 Å². The van der Waals surface area contributed by atoms with E-state index in [0.29, 0.717) is 5.69 Å². The number of aryl methyl sites for hydroxylation is 1. The van der Waals surface area contributed by atoms with E-state index in [9.17, 15) is 14.3 Å². The number of rotatable bonds is 4. The highest BCUT2D eigenvalue weighted by Crippen LogP contribution is 2.32. The van der Waals surface area contributed by atoms with Crippen LogP contribution in [0.4, 0.5) is 4.39 Å². The topological polar surface area (TPSA) is 75.4 Å². The molecule has 1 amide bonds. The Hall–Kier alpha value is -2.86. The van der Waals surface area contributed by atoms with Crippen molar-refractivity contribution < 1.29 is 18.7 Å². The molecule has 2 heterocycles. The van der Waals surface area contributed by atoms with Gasteiger partial charge in [0, 0.05) is 11.3 Å². The smallest absolute Gasteiger partial charge is 0.270 e. The predicted molar refractivity (Wildman–Crippen MR) is 90.1 cm³/mol. The lowest BCUT2D eigenvalue weighted by atomic mass is 10.0. The summed E-state index contributed by atoms with van der Waals surface area (Å²) in [4.78, 5) is 16.7. The van der Waals surface area contributed by atoms with E-state index in [4.69, 9.17) is 16.0 Å². The summed E-state index contributed by atoms with van der Waals surface area (Å²) in [6, 6.07) is 10.6. The van der Waals surface area contributed by atoms with E-state index in [1.165, 1.54) is 12.1 Å². The molecule has 0 aliphatic carbocycles. The lowest BCUT2D eigenvalue weighted by Gasteiger charge is -2.18. The second-order valence-corrected chi connectivity index (χ2v) is 5.79. The molecule has 5 nitrogen and oxygen atoms in total. The highest BCUT2D eigenvalue weighted by atomic mass is 35.5. The van der Waals surface area contributed by atoms with Gasteiger partial charge in [-0.3, -0.25) is 4.79 Å². The highest BCUT2D eigenvalue weighted by molar-refractivity contribution is 6.28. The number of benzene rings is 1. The fraction of sp³-hybridized carbons (Fsp3) is 0.111. The number of halogens is 2. The number of furan rings is 1. The van der Waals surface area contributed by atoms with E-state index in [0.717, 1.165) is 12.1 Å². The summed E-state index contributed by atoms with van der Waals surface area (Å²) < 4.78 is 19.0. The van der Waals surface area contributed by atoms with Gasteiger partial charge in [0.1, 0.15) is 29.1 Å². The number of nitrogens with one attached hydrogen (secondary N) is 1. The van der Waals surface area contributed by atoms with Gasteiger partial charge in [0.05, 0.1) is 0 Å². The molecule has 25 heavy (non-hydrogen) atoms. The first-order valence-corrected chi connectivity index (χ1v) is 7.80. The van der Waals surface area contributed by atoms with Gasteiger partial charge in [-0.1, -0.05) is 6.07 Å². The number of aromatic nitrogens is 1. The number of carbonyl (C=O) groups is 1. The van der Waals surface area contributed by atoms with E-state index in [1.54, 1.807) is 31.2 Å². The van der Waals surface area contributed by atoms with Crippen molar-refractivity contribution in [3.05, 3.63) is 82.3 Å². The fourth-order valence-electron chi connectivity index (χ4n) is 2.42. The number of aromatic hydroxyl groups is 1. The van der Waals surface area contributed by atoms with Crippen molar-refractivity contribution in [1.82, 2.24) is 10.3 Å². The summed E-state index contributed by atoms with van der Waals surface area (Å²) in [5.41, 5.74) is 1.02. The van der Waals surface area contributed by atoms with Gasteiger partial charge in [-0.2, -0.15) is 0 Å². The molecule has 0 fully saturated rings. The van der Waals surface area contributed by atoms with Gasteiger partial charge in [0.15, 0.2) is 5.22 Å². The van der Waals surface area contributed by atoms with E-state index < -0.39 is 17.8 Å². The largest absolute Gasteiger partial charge is 0.508 e. The Kier molecular flexibility index (Phi) is 4.72. The molecule has 0 saturated carbocycles. The van der Waals surface area contributed by atoms with Crippen LogP contribution in [0.1, 0.15) is 33.5 Å². The van der Waals surface area contributed by atoms with E-state index in [-0.39, 0.29) is 28.0 Å². The van der Waals surface area contributed by atoms with Crippen LogP contribution >= 0.6 is 11.6 Å². The van der Waals surface area contributed by atoms with Crippen molar-refractivity contribution in [1.29, 1.82) is 0 Å². The van der Waals surface area contributed by atoms with Gasteiger partial charge in [-0.25, -0.2) is 9.37 Å². The van der Waals surface area contributed by atoms with Crippen LogP contribution in [0, 0.1) is 12.7 Å². The maximum Gasteiger partial charge on any atom is 0.270 e. The summed E-state index contributed by atoms with van der Waals surface area (Å²) in [6.07, 6.45) is 0. The van der Waals surface area contributed by atoms with Crippen molar-refractivity contribution in [2.45, 2.75) is 13.0 Å². The van der Waals surface area contributed by atoms with Crippen molar-refractivity contribution in [3.8, 4) is 5.75 Å². The molecule has 0 aliphatic rings. The lowest BCUT2D eigenvalue weighted by Crippen LogP contribution is -2.30. The molecule has 7 heteroatoms. The zero-order valence-corrected chi connectivity index (χ0v) is 13.9. The summed E-state index contributed by atoms with van der Waals surface area (Å²) in [6.45, 7) is 1.76. The first-order chi connectivity index (χ1) is 11.9. The normalized spacial score (nSPS) is 12.0. The Bertz CT molecular complexity index is 926. The Balaban J connectivity index is 2.00. The number of phenolic OH excluding ortho intramolecular Hbond substituents is 1. The Labute approximate surface area is 148 Å². The van der Waals surface area contributed by atoms with E-state index >= 15 is 0 Å². The molecule has 0 bridgehead atoms. The molecule has 2 aromatic heterocycles. The minimum Gasteiger partial charge on any atom is -0.508 e. The monoisotopic (exact) mass is 360 g/mol. The zero-order chi connectivity index (χ0) is 18.0. The fourth-order valence-corrected chi connectivity index (χ4v) is 2.57. The van der Waals surface area contributed by atoms with Crippen LogP contribution in [-0.2, 0) is 0 Å². The number of amides is 1. The number of nitrogens with zero attached hydrogens (tertiary/aromatic N) is 1. The number of hydrogen-bond donors (Lipinski definition) is 2. The lowest BCUT2D eigenvalue weighted by molar-refractivity contribution is 0.0933. The van der Waals surface area contributed by atoms with Crippen molar-refractivity contribution >= 4 is 17.5 Å². The van der Waals surface area contributed by atoms with Crippen LogP contribution in [0.3, 0.4) is 0 Å². The van der Waals surface area contributed by atoms with Gasteiger partial charge in [0.25, 0.3) is 5.91 Å². The molecule has 0 saturated heterocycles.